The number of amides is 1. The summed E-state index contributed by atoms with van der Waals surface area (Å²) in [6.07, 6.45) is 1.90. The van der Waals surface area contributed by atoms with E-state index in [1.54, 1.807) is 0 Å². The molecule has 178 valence electrons. The minimum Gasteiger partial charge on any atom is -0.444 e. The van der Waals surface area contributed by atoms with Crippen LogP contribution in [0.25, 0.3) is 10.9 Å². The highest BCUT2D eigenvalue weighted by Gasteiger charge is 2.26. The van der Waals surface area contributed by atoms with E-state index < -0.39 is 17.7 Å². The normalized spacial score (nSPS) is 12.6. The number of ether oxygens (including phenoxy) is 1. The predicted molar refractivity (Wildman–Crippen MR) is 134 cm³/mol. The van der Waals surface area contributed by atoms with Gasteiger partial charge in [-0.05, 0) is 57.4 Å². The Kier molecular flexibility index (Phi) is 6.97. The summed E-state index contributed by atoms with van der Waals surface area (Å²) in [5.41, 5.74) is 5.13. The summed E-state index contributed by atoms with van der Waals surface area (Å²) in [4.78, 5) is 15.9. The number of para-hydroxylation sites is 1. The molecule has 0 aliphatic carbocycles. The molecule has 0 spiro atoms. The molecule has 34 heavy (non-hydrogen) atoms. The maximum atomic E-state index is 12.6. The number of nitrogens with one attached hydrogen (secondary N) is 2. The number of carbonyl (C=O) groups is 1. The fourth-order valence-electron chi connectivity index (χ4n) is 3.69. The summed E-state index contributed by atoms with van der Waals surface area (Å²) in [6.45, 7) is 9.66. The minimum atomic E-state index is -0.614. The molecule has 0 bridgehead atoms. The van der Waals surface area contributed by atoms with E-state index in [4.69, 9.17) is 9.15 Å². The number of aryl methyl sites for hydroxylation is 2. The van der Waals surface area contributed by atoms with Crippen LogP contribution in [0.4, 0.5) is 4.79 Å². The van der Waals surface area contributed by atoms with Crippen molar-refractivity contribution in [3.63, 3.8) is 0 Å². The van der Waals surface area contributed by atoms with Gasteiger partial charge in [-0.2, -0.15) is 0 Å². The molecular weight excluding hydrogens is 448 g/mol. The Morgan fingerprint density at radius 2 is 1.94 bits per heavy atom. The lowest BCUT2D eigenvalue weighted by Crippen LogP contribution is -2.36. The molecule has 8 heteroatoms. The molecule has 0 saturated carbocycles. The second-order valence-electron chi connectivity index (χ2n) is 9.39. The number of thioether (sulfide) groups is 1. The number of carbonyl (C=O) groups excluding carboxylic acids is 1. The van der Waals surface area contributed by atoms with Crippen LogP contribution in [-0.4, -0.2) is 26.9 Å². The van der Waals surface area contributed by atoms with E-state index in [1.807, 2.05) is 51.2 Å². The third-order valence-electron chi connectivity index (χ3n) is 5.37. The molecule has 4 rings (SSSR count). The lowest BCUT2D eigenvalue weighted by atomic mass is 10.1. The second kappa shape index (κ2) is 9.93. The molecule has 1 atom stereocenters. The Morgan fingerprint density at radius 1 is 1.15 bits per heavy atom. The number of nitrogens with zero attached hydrogens (tertiary/aromatic N) is 2. The maximum Gasteiger partial charge on any atom is 0.408 e. The molecule has 2 heterocycles. The first-order chi connectivity index (χ1) is 16.2. The van der Waals surface area contributed by atoms with Crippen molar-refractivity contribution in [3.05, 3.63) is 76.8 Å². The Balaban J connectivity index is 1.54. The quantitative estimate of drug-likeness (QED) is 0.304. The van der Waals surface area contributed by atoms with Crippen LogP contribution in [0, 0.1) is 13.8 Å². The number of aromatic nitrogens is 3. The molecular formula is C26H30N4O3S. The number of fused-ring (bicyclic) bond motifs is 1. The van der Waals surface area contributed by atoms with Gasteiger partial charge in [-0.25, -0.2) is 4.79 Å². The standard InChI is InChI=1S/C26H30N4O3S/c1-16-10-11-17(2)19(12-16)15-34-25-30-29-23(32-25)22(28-24(31)33-26(3,4)5)13-18-14-27-21-9-7-6-8-20(18)21/h6-12,14,22,27H,13,15H2,1-5H3,(H,28,31)/t22-/m0/s1. The molecule has 0 unspecified atom stereocenters. The summed E-state index contributed by atoms with van der Waals surface area (Å²) in [5.74, 6) is 1.07. The highest BCUT2D eigenvalue weighted by Crippen LogP contribution is 2.28. The molecule has 0 saturated heterocycles. The smallest absolute Gasteiger partial charge is 0.408 e. The highest BCUT2D eigenvalue weighted by atomic mass is 32.2. The van der Waals surface area contributed by atoms with Gasteiger partial charge in [-0.15, -0.1) is 10.2 Å². The predicted octanol–water partition coefficient (Wildman–Crippen LogP) is 6.27. The number of hydrogen-bond donors (Lipinski definition) is 2. The topological polar surface area (TPSA) is 93.0 Å². The number of rotatable bonds is 7. The average Bonchev–Trinajstić information content (AvgIpc) is 3.40. The lowest BCUT2D eigenvalue weighted by molar-refractivity contribution is 0.0494. The van der Waals surface area contributed by atoms with Crippen molar-refractivity contribution in [3.8, 4) is 0 Å². The van der Waals surface area contributed by atoms with Crippen LogP contribution in [0.2, 0.25) is 0 Å². The third kappa shape index (κ3) is 5.99. The van der Waals surface area contributed by atoms with Crippen molar-refractivity contribution in [1.82, 2.24) is 20.5 Å². The van der Waals surface area contributed by atoms with Crippen molar-refractivity contribution in [2.24, 2.45) is 0 Å². The maximum absolute atomic E-state index is 12.6. The van der Waals surface area contributed by atoms with E-state index in [-0.39, 0.29) is 0 Å². The van der Waals surface area contributed by atoms with Gasteiger partial charge in [-0.3, -0.25) is 0 Å². The molecule has 2 aromatic carbocycles. The van der Waals surface area contributed by atoms with E-state index in [1.165, 1.54) is 28.5 Å². The first-order valence-corrected chi connectivity index (χ1v) is 12.2. The van der Waals surface area contributed by atoms with Gasteiger partial charge in [-0.1, -0.05) is 53.7 Å². The van der Waals surface area contributed by atoms with Crippen molar-refractivity contribution in [1.29, 1.82) is 0 Å². The van der Waals surface area contributed by atoms with Gasteiger partial charge in [0.1, 0.15) is 11.6 Å². The summed E-state index contributed by atoms with van der Waals surface area (Å²) < 4.78 is 11.5. The van der Waals surface area contributed by atoms with Crippen molar-refractivity contribution in [2.45, 2.75) is 63.7 Å². The van der Waals surface area contributed by atoms with Gasteiger partial charge in [0, 0.05) is 29.3 Å². The van der Waals surface area contributed by atoms with Crippen LogP contribution in [0.15, 0.2) is 58.3 Å². The fourth-order valence-corrected chi connectivity index (χ4v) is 4.52. The van der Waals surface area contributed by atoms with Crippen LogP contribution in [0.1, 0.15) is 55.0 Å². The zero-order valence-electron chi connectivity index (χ0n) is 20.1. The van der Waals surface area contributed by atoms with Gasteiger partial charge < -0.3 is 19.5 Å². The lowest BCUT2D eigenvalue weighted by Gasteiger charge is -2.22. The van der Waals surface area contributed by atoms with Crippen LogP contribution < -0.4 is 5.32 Å². The van der Waals surface area contributed by atoms with Crippen LogP contribution in [-0.2, 0) is 16.9 Å². The van der Waals surface area contributed by atoms with Crippen LogP contribution >= 0.6 is 11.8 Å². The number of aromatic amines is 1. The first kappa shape index (κ1) is 23.9. The van der Waals surface area contributed by atoms with Gasteiger partial charge in [0.25, 0.3) is 5.22 Å². The SMILES string of the molecule is Cc1ccc(C)c(CSc2nnc([C@H](Cc3c[nH]c4ccccc34)NC(=O)OC(C)(C)C)o2)c1. The van der Waals surface area contributed by atoms with E-state index in [9.17, 15) is 4.79 Å². The van der Waals surface area contributed by atoms with E-state index >= 15 is 0 Å². The summed E-state index contributed by atoms with van der Waals surface area (Å²) in [6, 6.07) is 13.9. The zero-order valence-corrected chi connectivity index (χ0v) is 21.0. The number of H-pyrrole nitrogens is 1. The Morgan fingerprint density at radius 3 is 2.74 bits per heavy atom. The molecule has 0 aliphatic heterocycles. The molecule has 1 amide bonds. The Bertz CT molecular complexity index is 1290. The van der Waals surface area contributed by atoms with Gasteiger partial charge in [0.15, 0.2) is 0 Å². The summed E-state index contributed by atoms with van der Waals surface area (Å²) in [7, 11) is 0. The third-order valence-corrected chi connectivity index (χ3v) is 6.23. The first-order valence-electron chi connectivity index (χ1n) is 11.2. The molecule has 4 aromatic rings. The number of benzene rings is 2. The van der Waals surface area contributed by atoms with Crippen molar-refractivity contribution >= 4 is 28.8 Å². The largest absolute Gasteiger partial charge is 0.444 e. The Hall–Kier alpha value is -3.26. The van der Waals surface area contributed by atoms with Crippen molar-refractivity contribution in [2.75, 3.05) is 0 Å². The Labute approximate surface area is 203 Å². The van der Waals surface area contributed by atoms with Crippen LogP contribution in [0.5, 0.6) is 0 Å². The van der Waals surface area contributed by atoms with Gasteiger partial charge >= 0.3 is 6.09 Å². The van der Waals surface area contributed by atoms with Gasteiger partial charge in [0.05, 0.1) is 0 Å². The molecule has 2 N–H and O–H groups in total. The van der Waals surface area contributed by atoms with Gasteiger partial charge in [0.2, 0.25) is 5.89 Å². The second-order valence-corrected chi connectivity index (χ2v) is 10.3. The van der Waals surface area contributed by atoms with E-state index in [0.29, 0.717) is 17.5 Å². The summed E-state index contributed by atoms with van der Waals surface area (Å²) >= 11 is 1.48. The fraction of sp³-hybridized carbons (Fsp3) is 0.346. The molecule has 0 radical (unpaired) electrons. The molecule has 0 fully saturated rings. The highest BCUT2D eigenvalue weighted by molar-refractivity contribution is 7.98. The number of alkyl carbamates (subject to hydrolysis) is 1. The molecule has 0 aliphatic rings. The zero-order chi connectivity index (χ0) is 24.3. The minimum absolute atomic E-state index is 0.347. The van der Waals surface area contributed by atoms with E-state index in [0.717, 1.165) is 22.2 Å². The van der Waals surface area contributed by atoms with Crippen LogP contribution in [0.3, 0.4) is 0 Å². The number of hydrogen-bond acceptors (Lipinski definition) is 6. The monoisotopic (exact) mass is 478 g/mol. The molecule has 2 aromatic heterocycles. The van der Waals surface area contributed by atoms with E-state index in [2.05, 4.69) is 52.5 Å². The van der Waals surface area contributed by atoms with Crippen molar-refractivity contribution < 1.29 is 13.9 Å². The molecule has 7 nitrogen and oxygen atoms in total. The summed E-state index contributed by atoms with van der Waals surface area (Å²) in [5, 5.41) is 13.0. The average molecular weight is 479 g/mol.